The molecule has 1 amide bonds. The number of amides is 1. The first-order chi connectivity index (χ1) is 11.4. The average Bonchev–Trinajstić information content (AvgIpc) is 3.00. The van der Waals surface area contributed by atoms with Gasteiger partial charge in [-0.3, -0.25) is 4.98 Å². The molecule has 1 aromatic heterocycles. The van der Waals surface area contributed by atoms with Crippen LogP contribution in [0.1, 0.15) is 27.2 Å². The van der Waals surface area contributed by atoms with Crippen molar-refractivity contribution in [3.63, 3.8) is 0 Å². The number of anilines is 1. The molecule has 1 atom stereocenters. The maximum atomic E-state index is 12.1. The molecule has 3 rings (SSSR count). The van der Waals surface area contributed by atoms with E-state index in [1.54, 1.807) is 11.1 Å². The van der Waals surface area contributed by atoms with E-state index >= 15 is 0 Å². The quantitative estimate of drug-likeness (QED) is 0.936. The molecule has 1 N–H and O–H groups in total. The summed E-state index contributed by atoms with van der Waals surface area (Å²) in [6.45, 7) is 7.88. The van der Waals surface area contributed by atoms with Crippen LogP contribution in [-0.2, 0) is 4.74 Å². The Morgan fingerprint density at radius 1 is 1.33 bits per heavy atom. The number of fused-ring (bicyclic) bond motifs is 1. The summed E-state index contributed by atoms with van der Waals surface area (Å²) in [5.41, 5.74) is 1.32. The number of ether oxygens (including phenoxy) is 1. The van der Waals surface area contributed by atoms with Gasteiger partial charge in [-0.15, -0.1) is 0 Å². The summed E-state index contributed by atoms with van der Waals surface area (Å²) in [7, 11) is 0. The lowest BCUT2D eigenvalue weighted by Gasteiger charge is -2.24. The van der Waals surface area contributed by atoms with Crippen molar-refractivity contribution in [2.45, 2.75) is 32.8 Å². The molecule has 0 bridgehead atoms. The first kappa shape index (κ1) is 16.5. The Bertz CT molecular complexity index is 726. The minimum atomic E-state index is -0.450. The summed E-state index contributed by atoms with van der Waals surface area (Å²) in [5, 5.41) is 3.33. The Morgan fingerprint density at radius 3 is 2.83 bits per heavy atom. The molecule has 1 unspecified atom stereocenters. The molecule has 0 radical (unpaired) electrons. The van der Waals surface area contributed by atoms with Crippen LogP contribution >= 0.6 is 0 Å². The van der Waals surface area contributed by atoms with Crippen molar-refractivity contribution in [2.24, 2.45) is 5.92 Å². The third-order valence-corrected chi connectivity index (χ3v) is 3.96. The van der Waals surface area contributed by atoms with E-state index in [4.69, 9.17) is 4.74 Å². The highest BCUT2D eigenvalue weighted by atomic mass is 16.6. The smallest absolute Gasteiger partial charge is 0.410 e. The van der Waals surface area contributed by atoms with Gasteiger partial charge >= 0.3 is 6.09 Å². The Kier molecular flexibility index (Phi) is 4.55. The van der Waals surface area contributed by atoms with Crippen LogP contribution < -0.4 is 5.32 Å². The molecular weight excluding hydrogens is 304 g/mol. The van der Waals surface area contributed by atoms with Gasteiger partial charge in [-0.1, -0.05) is 12.1 Å². The predicted octanol–water partition coefficient (Wildman–Crippen LogP) is 3.30. The summed E-state index contributed by atoms with van der Waals surface area (Å²) < 4.78 is 5.43. The monoisotopic (exact) mass is 328 g/mol. The van der Waals surface area contributed by atoms with Gasteiger partial charge in [-0.2, -0.15) is 0 Å². The van der Waals surface area contributed by atoms with Gasteiger partial charge in [0.25, 0.3) is 0 Å². The van der Waals surface area contributed by atoms with Crippen LogP contribution in [0, 0.1) is 5.92 Å². The van der Waals surface area contributed by atoms with Gasteiger partial charge in [0.15, 0.2) is 0 Å². The molecule has 2 aromatic rings. The molecule has 1 saturated heterocycles. The number of likely N-dealkylation sites (tertiary alicyclic amines) is 1. The molecule has 24 heavy (non-hydrogen) atoms. The number of carbonyl (C=O) groups excluding carboxylic acids is 1. The number of hydrogen-bond donors (Lipinski definition) is 1. The number of nitrogens with zero attached hydrogens (tertiary/aromatic N) is 3. The normalized spacial score (nSPS) is 18.0. The number of aromatic nitrogens is 2. The van der Waals surface area contributed by atoms with Crippen LogP contribution in [0.15, 0.2) is 30.5 Å². The number of para-hydroxylation sites is 2. The standard InChI is InChI=1S/C18H24N4O2/c1-18(2,3)24-17(23)22-9-8-13(12-22)10-20-16-11-19-14-6-4-5-7-15(14)21-16/h4-7,11,13H,8-10,12H2,1-3H3,(H,20,21). The van der Waals surface area contributed by atoms with E-state index in [0.717, 1.165) is 36.4 Å². The number of nitrogens with one attached hydrogen (secondary N) is 1. The third-order valence-electron chi connectivity index (χ3n) is 3.96. The lowest BCUT2D eigenvalue weighted by Crippen LogP contribution is -2.35. The molecule has 1 aliphatic rings. The van der Waals surface area contributed by atoms with Crippen molar-refractivity contribution >= 4 is 22.9 Å². The van der Waals surface area contributed by atoms with Crippen molar-refractivity contribution in [1.82, 2.24) is 14.9 Å². The molecule has 0 spiro atoms. The van der Waals surface area contributed by atoms with E-state index in [2.05, 4.69) is 15.3 Å². The lowest BCUT2D eigenvalue weighted by atomic mass is 10.1. The maximum absolute atomic E-state index is 12.1. The van der Waals surface area contributed by atoms with Crippen LogP contribution in [0.25, 0.3) is 11.0 Å². The Balaban J connectivity index is 1.53. The molecule has 0 saturated carbocycles. The average molecular weight is 328 g/mol. The van der Waals surface area contributed by atoms with Crippen LogP contribution in [0.2, 0.25) is 0 Å². The van der Waals surface area contributed by atoms with Gasteiger partial charge in [0, 0.05) is 19.6 Å². The maximum Gasteiger partial charge on any atom is 0.410 e. The second-order valence-electron chi connectivity index (χ2n) is 7.21. The van der Waals surface area contributed by atoms with Gasteiger partial charge < -0.3 is 15.0 Å². The fourth-order valence-electron chi connectivity index (χ4n) is 2.78. The van der Waals surface area contributed by atoms with Crippen molar-refractivity contribution in [3.8, 4) is 0 Å². The number of hydrogen-bond acceptors (Lipinski definition) is 5. The summed E-state index contributed by atoms with van der Waals surface area (Å²) in [4.78, 5) is 22.8. The largest absolute Gasteiger partial charge is 0.444 e. The molecule has 1 fully saturated rings. The van der Waals surface area contributed by atoms with Crippen LogP contribution in [0.4, 0.5) is 10.6 Å². The van der Waals surface area contributed by atoms with Gasteiger partial charge in [0.1, 0.15) is 11.4 Å². The fraction of sp³-hybridized carbons (Fsp3) is 0.500. The van der Waals surface area contributed by atoms with E-state index in [1.165, 1.54) is 0 Å². The van der Waals surface area contributed by atoms with Crippen molar-refractivity contribution < 1.29 is 9.53 Å². The zero-order chi connectivity index (χ0) is 17.2. The Morgan fingerprint density at radius 2 is 2.08 bits per heavy atom. The first-order valence-corrected chi connectivity index (χ1v) is 8.34. The van der Waals surface area contributed by atoms with Crippen LogP contribution in [0.3, 0.4) is 0 Å². The van der Waals surface area contributed by atoms with E-state index in [1.807, 2.05) is 45.0 Å². The van der Waals surface area contributed by atoms with Crippen molar-refractivity contribution in [1.29, 1.82) is 0 Å². The number of rotatable bonds is 3. The Hall–Kier alpha value is -2.37. The number of carbonyl (C=O) groups is 1. The van der Waals surface area contributed by atoms with Gasteiger partial charge in [0.05, 0.1) is 17.2 Å². The van der Waals surface area contributed by atoms with Crippen LogP contribution in [0.5, 0.6) is 0 Å². The molecule has 1 aromatic carbocycles. The van der Waals surface area contributed by atoms with Crippen LogP contribution in [-0.4, -0.2) is 46.2 Å². The fourth-order valence-corrected chi connectivity index (χ4v) is 2.78. The van der Waals surface area contributed by atoms with Crippen molar-refractivity contribution in [3.05, 3.63) is 30.5 Å². The first-order valence-electron chi connectivity index (χ1n) is 8.34. The summed E-state index contributed by atoms with van der Waals surface area (Å²) >= 11 is 0. The zero-order valence-corrected chi connectivity index (χ0v) is 14.5. The summed E-state index contributed by atoms with van der Waals surface area (Å²) in [6, 6.07) is 7.81. The minimum absolute atomic E-state index is 0.226. The Labute approximate surface area is 142 Å². The van der Waals surface area contributed by atoms with Gasteiger partial charge in [0.2, 0.25) is 0 Å². The van der Waals surface area contributed by atoms with E-state index in [-0.39, 0.29) is 6.09 Å². The van der Waals surface area contributed by atoms with Gasteiger partial charge in [-0.05, 0) is 45.2 Å². The lowest BCUT2D eigenvalue weighted by molar-refractivity contribution is 0.0289. The topological polar surface area (TPSA) is 67.3 Å². The second-order valence-corrected chi connectivity index (χ2v) is 7.21. The van der Waals surface area contributed by atoms with E-state index < -0.39 is 5.60 Å². The SMILES string of the molecule is CC(C)(C)OC(=O)N1CCC(CNc2cnc3ccccc3n2)C1. The summed E-state index contributed by atoms with van der Waals surface area (Å²) in [6.07, 6.45) is 2.49. The van der Waals surface area contributed by atoms with Gasteiger partial charge in [-0.25, -0.2) is 9.78 Å². The molecule has 6 heteroatoms. The molecule has 0 aliphatic carbocycles. The molecule has 2 heterocycles. The highest BCUT2D eigenvalue weighted by molar-refractivity contribution is 5.75. The molecule has 128 valence electrons. The third kappa shape index (κ3) is 4.13. The summed E-state index contributed by atoms with van der Waals surface area (Å²) in [5.74, 6) is 1.16. The van der Waals surface area contributed by atoms with Crippen molar-refractivity contribution in [2.75, 3.05) is 25.0 Å². The second kappa shape index (κ2) is 6.63. The minimum Gasteiger partial charge on any atom is -0.444 e. The van der Waals surface area contributed by atoms with E-state index in [9.17, 15) is 4.79 Å². The zero-order valence-electron chi connectivity index (χ0n) is 14.5. The predicted molar refractivity (Wildman–Crippen MR) is 93.9 cm³/mol. The highest BCUT2D eigenvalue weighted by Crippen LogP contribution is 2.20. The molecule has 1 aliphatic heterocycles. The van der Waals surface area contributed by atoms with E-state index in [0.29, 0.717) is 12.5 Å². The number of benzene rings is 1. The molecule has 6 nitrogen and oxygen atoms in total. The molecular formula is C18H24N4O2. The highest BCUT2D eigenvalue weighted by Gasteiger charge is 2.29.